The van der Waals surface area contributed by atoms with E-state index in [1.54, 1.807) is 13.0 Å². The first-order valence-electron chi connectivity index (χ1n) is 9.22. The number of carbonyl (C=O) groups excluding carboxylic acids is 4. The lowest BCUT2D eigenvalue weighted by Gasteiger charge is -2.18. The predicted molar refractivity (Wildman–Crippen MR) is 105 cm³/mol. The molecule has 0 unspecified atom stereocenters. The lowest BCUT2D eigenvalue weighted by molar-refractivity contribution is -0.385. The first-order valence-corrected chi connectivity index (χ1v) is 9.22. The highest BCUT2D eigenvalue weighted by atomic mass is 16.6. The number of carbonyl (C=O) groups is 4. The van der Waals surface area contributed by atoms with Crippen LogP contribution in [0.4, 0.5) is 5.69 Å². The van der Waals surface area contributed by atoms with Gasteiger partial charge in [0.2, 0.25) is 5.78 Å². The van der Waals surface area contributed by atoms with Crippen molar-refractivity contribution in [1.82, 2.24) is 5.32 Å². The molecule has 1 amide bonds. The zero-order chi connectivity index (χ0) is 22.0. The number of nitro benzene ring substituents is 1. The van der Waals surface area contributed by atoms with Crippen molar-refractivity contribution < 1.29 is 28.8 Å². The van der Waals surface area contributed by atoms with Crippen LogP contribution in [0.2, 0.25) is 0 Å². The first kappa shape index (κ1) is 20.8. The van der Waals surface area contributed by atoms with Gasteiger partial charge in [0.25, 0.3) is 11.6 Å². The van der Waals surface area contributed by atoms with Gasteiger partial charge in [-0.15, -0.1) is 0 Å². The number of nitrogens with one attached hydrogen (secondary N) is 1. The second-order valence-electron chi connectivity index (χ2n) is 6.80. The monoisotopic (exact) mass is 410 g/mol. The fourth-order valence-electron chi connectivity index (χ4n) is 3.15. The molecule has 0 aliphatic heterocycles. The Morgan fingerprint density at radius 2 is 1.70 bits per heavy atom. The molecule has 2 aromatic carbocycles. The van der Waals surface area contributed by atoms with Crippen LogP contribution >= 0.6 is 0 Å². The standard InChI is InChI=1S/C21H18N2O7/c1-3-11(2)22-16(24)10-30-21(27)15-9-8-14-17(18(15)23(28)29)20(26)13-7-5-4-6-12(13)19(14)25/h4-9,11H,3,10H2,1-2H3,(H,22,24)/t11-/m1/s1. The largest absolute Gasteiger partial charge is 0.452 e. The van der Waals surface area contributed by atoms with Gasteiger partial charge in [0.15, 0.2) is 12.4 Å². The second-order valence-corrected chi connectivity index (χ2v) is 6.80. The van der Waals surface area contributed by atoms with Gasteiger partial charge in [-0.2, -0.15) is 0 Å². The third kappa shape index (κ3) is 3.69. The summed E-state index contributed by atoms with van der Waals surface area (Å²) >= 11 is 0. The molecule has 0 aromatic heterocycles. The van der Waals surface area contributed by atoms with E-state index >= 15 is 0 Å². The molecule has 1 aliphatic carbocycles. The Morgan fingerprint density at radius 3 is 2.30 bits per heavy atom. The van der Waals surface area contributed by atoms with Crippen molar-refractivity contribution in [1.29, 1.82) is 0 Å². The Kier molecular flexibility index (Phi) is 5.72. The summed E-state index contributed by atoms with van der Waals surface area (Å²) < 4.78 is 4.90. The molecule has 0 fully saturated rings. The van der Waals surface area contributed by atoms with Crippen LogP contribution in [0, 0.1) is 10.1 Å². The van der Waals surface area contributed by atoms with E-state index in [0.29, 0.717) is 6.42 Å². The SMILES string of the molecule is CC[C@@H](C)NC(=O)COC(=O)c1ccc2c(c1[N+](=O)[O-])C(=O)c1ccccc1C2=O. The quantitative estimate of drug-likeness (QED) is 0.375. The molecular weight excluding hydrogens is 392 g/mol. The van der Waals surface area contributed by atoms with Gasteiger partial charge in [0.1, 0.15) is 11.1 Å². The number of hydrogen-bond donors (Lipinski definition) is 1. The van der Waals surface area contributed by atoms with Crippen molar-refractivity contribution in [3.8, 4) is 0 Å². The molecule has 1 N–H and O–H groups in total. The molecule has 0 spiro atoms. The Labute approximate surface area is 171 Å². The van der Waals surface area contributed by atoms with Gasteiger partial charge >= 0.3 is 5.97 Å². The smallest absolute Gasteiger partial charge is 0.345 e. The highest BCUT2D eigenvalue weighted by molar-refractivity contribution is 6.30. The first-order chi connectivity index (χ1) is 14.3. The van der Waals surface area contributed by atoms with Gasteiger partial charge < -0.3 is 10.1 Å². The second kappa shape index (κ2) is 8.24. The van der Waals surface area contributed by atoms with Crippen molar-refractivity contribution in [3.63, 3.8) is 0 Å². The summed E-state index contributed by atoms with van der Waals surface area (Å²) in [7, 11) is 0. The maximum Gasteiger partial charge on any atom is 0.345 e. The fourth-order valence-corrected chi connectivity index (χ4v) is 3.15. The minimum atomic E-state index is -1.14. The Bertz CT molecular complexity index is 1090. The number of fused-ring (bicyclic) bond motifs is 2. The molecule has 3 rings (SSSR count). The van der Waals surface area contributed by atoms with Gasteiger partial charge in [-0.1, -0.05) is 31.2 Å². The van der Waals surface area contributed by atoms with Gasteiger partial charge in [0, 0.05) is 22.7 Å². The maximum atomic E-state index is 12.9. The van der Waals surface area contributed by atoms with E-state index in [2.05, 4.69) is 5.32 Å². The van der Waals surface area contributed by atoms with Gasteiger partial charge in [0.05, 0.1) is 4.92 Å². The van der Waals surface area contributed by atoms with E-state index < -0.39 is 51.8 Å². The van der Waals surface area contributed by atoms with Gasteiger partial charge in [-0.05, 0) is 25.5 Å². The van der Waals surface area contributed by atoms with Crippen LogP contribution in [-0.4, -0.2) is 41.0 Å². The highest BCUT2D eigenvalue weighted by Gasteiger charge is 2.39. The number of amides is 1. The summed E-state index contributed by atoms with van der Waals surface area (Å²) in [5.41, 5.74) is -1.76. The van der Waals surface area contributed by atoms with Crippen LogP contribution < -0.4 is 5.32 Å². The Balaban J connectivity index is 1.97. The lowest BCUT2D eigenvalue weighted by Crippen LogP contribution is -2.35. The molecule has 9 heteroatoms. The van der Waals surface area contributed by atoms with E-state index in [-0.39, 0.29) is 22.7 Å². The molecule has 1 atom stereocenters. The molecule has 0 saturated heterocycles. The third-order valence-electron chi connectivity index (χ3n) is 4.82. The summed E-state index contributed by atoms with van der Waals surface area (Å²) in [5, 5.41) is 14.3. The van der Waals surface area contributed by atoms with Crippen LogP contribution in [0.5, 0.6) is 0 Å². The number of nitro groups is 1. The maximum absolute atomic E-state index is 12.9. The number of ketones is 2. The van der Waals surface area contributed by atoms with E-state index in [4.69, 9.17) is 4.74 Å². The van der Waals surface area contributed by atoms with E-state index in [1.807, 2.05) is 6.92 Å². The van der Waals surface area contributed by atoms with Crippen LogP contribution in [0.1, 0.15) is 62.5 Å². The van der Waals surface area contributed by atoms with Crippen molar-refractivity contribution in [2.75, 3.05) is 6.61 Å². The highest BCUT2D eigenvalue weighted by Crippen LogP contribution is 2.35. The van der Waals surface area contributed by atoms with Gasteiger partial charge in [-0.25, -0.2) is 4.79 Å². The molecular formula is C21H18N2O7. The molecule has 1 aliphatic rings. The summed E-state index contributed by atoms with van der Waals surface area (Å²) in [6.45, 7) is 3.01. The fraction of sp³-hybridized carbons (Fsp3) is 0.238. The van der Waals surface area contributed by atoms with Crippen molar-refractivity contribution in [3.05, 3.63) is 74.3 Å². The summed E-state index contributed by atoms with van der Waals surface area (Å²) in [6.07, 6.45) is 0.674. The van der Waals surface area contributed by atoms with E-state index in [0.717, 1.165) is 6.07 Å². The third-order valence-corrected chi connectivity index (χ3v) is 4.82. The molecule has 2 aromatic rings. The molecule has 154 valence electrons. The average molecular weight is 410 g/mol. The molecule has 0 radical (unpaired) electrons. The topological polar surface area (TPSA) is 133 Å². The number of hydrogen-bond acceptors (Lipinski definition) is 7. The number of ether oxygens (including phenoxy) is 1. The molecule has 0 saturated carbocycles. The predicted octanol–water partition coefficient (Wildman–Crippen LogP) is 2.44. The van der Waals surface area contributed by atoms with Crippen LogP contribution in [0.15, 0.2) is 36.4 Å². The zero-order valence-corrected chi connectivity index (χ0v) is 16.3. The van der Waals surface area contributed by atoms with Crippen molar-refractivity contribution in [2.45, 2.75) is 26.3 Å². The summed E-state index contributed by atoms with van der Waals surface area (Å²) in [4.78, 5) is 60.7. The zero-order valence-electron chi connectivity index (χ0n) is 16.3. The average Bonchev–Trinajstić information content (AvgIpc) is 2.74. The molecule has 9 nitrogen and oxygen atoms in total. The Morgan fingerprint density at radius 1 is 1.07 bits per heavy atom. The minimum Gasteiger partial charge on any atom is -0.452 e. The van der Waals surface area contributed by atoms with E-state index in [1.165, 1.54) is 24.3 Å². The van der Waals surface area contributed by atoms with Crippen LogP contribution in [-0.2, 0) is 9.53 Å². The summed E-state index contributed by atoms with van der Waals surface area (Å²) in [5.74, 6) is -2.96. The normalized spacial score (nSPS) is 13.1. The molecule has 0 heterocycles. The number of benzene rings is 2. The van der Waals surface area contributed by atoms with E-state index in [9.17, 15) is 29.3 Å². The van der Waals surface area contributed by atoms with Gasteiger partial charge in [-0.3, -0.25) is 24.5 Å². The van der Waals surface area contributed by atoms with Crippen molar-refractivity contribution in [2.24, 2.45) is 0 Å². The minimum absolute atomic E-state index is 0.0246. The molecule has 30 heavy (non-hydrogen) atoms. The van der Waals surface area contributed by atoms with Crippen molar-refractivity contribution >= 4 is 29.1 Å². The molecule has 0 bridgehead atoms. The number of esters is 1. The lowest BCUT2D eigenvalue weighted by atomic mass is 9.82. The van der Waals surface area contributed by atoms with Crippen LogP contribution in [0.25, 0.3) is 0 Å². The summed E-state index contributed by atoms with van der Waals surface area (Å²) in [6, 6.07) is 8.10. The number of rotatable bonds is 6. The Hall–Kier alpha value is -3.88. The van der Waals surface area contributed by atoms with Crippen LogP contribution in [0.3, 0.4) is 0 Å². The number of nitrogens with zero attached hydrogens (tertiary/aromatic N) is 1.